The number of H-pyrrole nitrogens is 1. The first-order valence-electron chi connectivity index (χ1n) is 7.78. The van der Waals surface area contributed by atoms with Crippen molar-refractivity contribution in [3.05, 3.63) is 54.9 Å². The van der Waals surface area contributed by atoms with Crippen molar-refractivity contribution < 1.29 is 26.3 Å². The van der Waals surface area contributed by atoms with Gasteiger partial charge in [0.2, 0.25) is 0 Å². The number of hydrogen-bond acceptors (Lipinski definition) is 2. The second-order valence-corrected chi connectivity index (χ2v) is 8.01. The molecule has 4 rings (SSSR count). The predicted molar refractivity (Wildman–Crippen MR) is 112 cm³/mol. The van der Waals surface area contributed by atoms with E-state index in [-0.39, 0.29) is 0 Å². The fraction of sp³-hybridized carbons (Fsp3) is 0.176. The van der Waals surface area contributed by atoms with Crippen LogP contribution < -0.4 is 0 Å². The summed E-state index contributed by atoms with van der Waals surface area (Å²) in [6.45, 7) is 0. The second kappa shape index (κ2) is 7.92. The molecule has 0 spiro atoms. The van der Waals surface area contributed by atoms with Crippen molar-refractivity contribution >= 4 is 67.0 Å². The van der Waals surface area contributed by atoms with E-state index in [1.807, 2.05) is 45.2 Å². The van der Waals surface area contributed by atoms with Crippen molar-refractivity contribution in [2.24, 2.45) is 7.05 Å². The largest absolute Gasteiger partial charge is 0.416 e. The molecule has 2 heterocycles. The molecule has 0 fully saturated rings. The molecule has 0 aliphatic rings. The first kappa shape index (κ1) is 22.1. The van der Waals surface area contributed by atoms with Gasteiger partial charge in [-0.2, -0.15) is 36.5 Å². The SMILES string of the molecule is Cn1nc(I)c2ccc(C(F)(F)F)cc21.FC(F)(F)c1ccc2c(I)[nH]nc2c1. The normalized spacial score (nSPS) is 12.3. The molecule has 2 aromatic carbocycles. The molecule has 12 heteroatoms. The molecule has 154 valence electrons. The third-order valence-corrected chi connectivity index (χ3v) is 5.59. The van der Waals surface area contributed by atoms with Gasteiger partial charge in [-0.3, -0.25) is 9.78 Å². The molecule has 0 atom stereocenters. The van der Waals surface area contributed by atoms with Crippen molar-refractivity contribution in [1.29, 1.82) is 0 Å². The van der Waals surface area contributed by atoms with Gasteiger partial charge in [-0.1, -0.05) is 0 Å². The Hall–Kier alpha value is -1.58. The number of aromatic amines is 1. The summed E-state index contributed by atoms with van der Waals surface area (Å²) in [4.78, 5) is 0. The van der Waals surface area contributed by atoms with Crippen molar-refractivity contribution in [2.75, 3.05) is 0 Å². The van der Waals surface area contributed by atoms with Gasteiger partial charge >= 0.3 is 12.4 Å². The maximum Gasteiger partial charge on any atom is 0.416 e. The summed E-state index contributed by atoms with van der Waals surface area (Å²) in [6.07, 6.45) is -8.61. The van der Waals surface area contributed by atoms with Crippen LogP contribution >= 0.6 is 45.2 Å². The Bertz CT molecular complexity index is 1180. The first-order valence-corrected chi connectivity index (χ1v) is 9.94. The Morgan fingerprint density at radius 2 is 1.41 bits per heavy atom. The summed E-state index contributed by atoms with van der Waals surface area (Å²) in [5, 5.41) is 11.9. The molecule has 4 nitrogen and oxygen atoms in total. The van der Waals surface area contributed by atoms with E-state index in [1.54, 1.807) is 7.05 Å². The highest BCUT2D eigenvalue weighted by Crippen LogP contribution is 2.33. The number of hydrogen-bond donors (Lipinski definition) is 1. The summed E-state index contributed by atoms with van der Waals surface area (Å²) in [5.41, 5.74) is -0.485. The minimum Gasteiger partial charge on any atom is -0.271 e. The van der Waals surface area contributed by atoms with Crippen LogP contribution in [-0.2, 0) is 19.4 Å². The Labute approximate surface area is 186 Å². The number of aromatic nitrogens is 4. The molecule has 0 unspecified atom stereocenters. The second-order valence-electron chi connectivity index (χ2n) is 5.91. The van der Waals surface area contributed by atoms with E-state index in [2.05, 4.69) is 15.3 Å². The van der Waals surface area contributed by atoms with Crippen LogP contribution in [0.3, 0.4) is 0 Å². The van der Waals surface area contributed by atoms with Crippen LogP contribution in [0.25, 0.3) is 21.8 Å². The van der Waals surface area contributed by atoms with Gasteiger partial charge in [0.1, 0.15) is 7.40 Å². The van der Waals surface area contributed by atoms with Gasteiger partial charge in [0.25, 0.3) is 0 Å². The number of aryl methyl sites for hydroxylation is 1. The highest BCUT2D eigenvalue weighted by molar-refractivity contribution is 14.1. The molecule has 0 aliphatic heterocycles. The van der Waals surface area contributed by atoms with E-state index in [4.69, 9.17) is 0 Å². The van der Waals surface area contributed by atoms with Crippen LogP contribution in [0, 0.1) is 7.40 Å². The van der Waals surface area contributed by atoms with E-state index in [9.17, 15) is 26.3 Å². The zero-order valence-corrected chi connectivity index (χ0v) is 18.6. The summed E-state index contributed by atoms with van der Waals surface area (Å²) in [6, 6.07) is 7.15. The third kappa shape index (κ3) is 4.78. The average molecular weight is 638 g/mol. The molecule has 0 saturated heterocycles. The molecule has 0 radical (unpaired) electrons. The van der Waals surface area contributed by atoms with E-state index in [0.717, 1.165) is 33.4 Å². The average Bonchev–Trinajstić information content (AvgIpc) is 3.14. The summed E-state index contributed by atoms with van der Waals surface area (Å²) < 4.78 is 77.0. The monoisotopic (exact) mass is 638 g/mol. The third-order valence-electron chi connectivity index (χ3n) is 3.97. The van der Waals surface area contributed by atoms with E-state index >= 15 is 0 Å². The van der Waals surface area contributed by atoms with Gasteiger partial charge in [0, 0.05) is 17.8 Å². The van der Waals surface area contributed by atoms with Crippen LogP contribution in [0.4, 0.5) is 26.3 Å². The van der Waals surface area contributed by atoms with Crippen LogP contribution in [0.2, 0.25) is 0 Å². The summed E-state index contributed by atoms with van der Waals surface area (Å²) >= 11 is 3.99. The Kier molecular flexibility index (Phi) is 6.04. The van der Waals surface area contributed by atoms with Crippen molar-refractivity contribution in [2.45, 2.75) is 12.4 Å². The molecule has 1 N–H and O–H groups in total. The quantitative estimate of drug-likeness (QED) is 0.180. The molecular weight excluding hydrogens is 628 g/mol. The van der Waals surface area contributed by atoms with Gasteiger partial charge in [0.05, 0.1) is 22.2 Å². The van der Waals surface area contributed by atoms with E-state index in [0.29, 0.717) is 20.1 Å². The zero-order chi connectivity index (χ0) is 21.6. The Morgan fingerprint density at radius 1 is 0.862 bits per heavy atom. The number of fused-ring (bicyclic) bond motifs is 2. The molecule has 0 aliphatic carbocycles. The fourth-order valence-corrected chi connectivity index (χ4v) is 3.90. The molecule has 29 heavy (non-hydrogen) atoms. The minimum atomic E-state index is -4.31. The highest BCUT2D eigenvalue weighted by atomic mass is 127. The van der Waals surface area contributed by atoms with Crippen LogP contribution in [0.15, 0.2) is 36.4 Å². The molecule has 2 aromatic heterocycles. The highest BCUT2D eigenvalue weighted by Gasteiger charge is 2.31. The van der Waals surface area contributed by atoms with Crippen molar-refractivity contribution in [3.63, 3.8) is 0 Å². The van der Waals surface area contributed by atoms with E-state index in [1.165, 1.54) is 16.8 Å². The number of nitrogens with one attached hydrogen (secondary N) is 1. The molecule has 0 amide bonds. The van der Waals surface area contributed by atoms with Crippen molar-refractivity contribution in [1.82, 2.24) is 20.0 Å². The Morgan fingerprint density at radius 3 is 2.00 bits per heavy atom. The number of halogens is 8. The molecule has 0 saturated carbocycles. The number of alkyl halides is 6. The standard InChI is InChI=1S/C9H6F3IN2.C8H4F3IN2/c1-15-7-4-5(9(10,11)12)2-3-6(7)8(13)14-15;9-8(10,11)4-1-2-5-6(3-4)13-14-7(5)12/h2-4H,1H3;1-3H,(H,13,14). The lowest BCUT2D eigenvalue weighted by Crippen LogP contribution is -2.04. The van der Waals surface area contributed by atoms with E-state index < -0.39 is 23.5 Å². The fourth-order valence-electron chi connectivity index (χ4n) is 2.55. The lowest BCUT2D eigenvalue weighted by molar-refractivity contribution is -0.138. The lowest BCUT2D eigenvalue weighted by Gasteiger charge is -2.06. The van der Waals surface area contributed by atoms with Gasteiger partial charge in [-0.05, 0) is 81.6 Å². The number of rotatable bonds is 0. The zero-order valence-electron chi connectivity index (χ0n) is 14.3. The van der Waals surface area contributed by atoms with Crippen LogP contribution in [-0.4, -0.2) is 20.0 Å². The smallest absolute Gasteiger partial charge is 0.271 e. The molecular formula is C17H10F6I2N4. The van der Waals surface area contributed by atoms with Crippen LogP contribution in [0.1, 0.15) is 11.1 Å². The summed E-state index contributed by atoms with van der Waals surface area (Å²) in [5.74, 6) is 0. The van der Waals surface area contributed by atoms with Crippen molar-refractivity contribution in [3.8, 4) is 0 Å². The summed E-state index contributed by atoms with van der Waals surface area (Å²) in [7, 11) is 1.63. The topological polar surface area (TPSA) is 46.5 Å². The van der Waals surface area contributed by atoms with Gasteiger partial charge in [0.15, 0.2) is 0 Å². The maximum atomic E-state index is 12.4. The Balaban J connectivity index is 0.000000166. The van der Waals surface area contributed by atoms with Gasteiger partial charge in [-0.25, -0.2) is 0 Å². The van der Waals surface area contributed by atoms with Gasteiger partial charge < -0.3 is 0 Å². The molecule has 0 bridgehead atoms. The maximum absolute atomic E-state index is 12.4. The molecule has 4 aromatic rings. The number of nitrogens with zero attached hydrogens (tertiary/aromatic N) is 3. The predicted octanol–water partition coefficient (Wildman–Crippen LogP) is 6.38. The van der Waals surface area contributed by atoms with Gasteiger partial charge in [-0.15, -0.1) is 0 Å². The first-order chi connectivity index (χ1) is 13.4. The minimum absolute atomic E-state index is 0.337. The van der Waals surface area contributed by atoms with Crippen LogP contribution in [0.5, 0.6) is 0 Å². The lowest BCUT2D eigenvalue weighted by atomic mass is 10.1. The number of benzene rings is 2.